The van der Waals surface area contributed by atoms with E-state index in [1.807, 2.05) is 0 Å². The lowest BCUT2D eigenvalue weighted by Crippen LogP contribution is -2.60. The summed E-state index contributed by atoms with van der Waals surface area (Å²) in [6.45, 7) is -0.233. The highest BCUT2D eigenvalue weighted by Crippen LogP contribution is 2.33. The van der Waals surface area contributed by atoms with Crippen LogP contribution in [0.25, 0.3) is 0 Å². The average molecular weight is 310 g/mol. The number of likely N-dealkylation sites (tertiary alicyclic amines) is 1. The van der Waals surface area contributed by atoms with Crippen LogP contribution in [0.2, 0.25) is 0 Å². The van der Waals surface area contributed by atoms with Gasteiger partial charge in [-0.05, 0) is 12.8 Å². The van der Waals surface area contributed by atoms with Crippen LogP contribution >= 0.6 is 0 Å². The molecule has 2 unspecified atom stereocenters. The molecule has 0 saturated carbocycles. The highest BCUT2D eigenvalue weighted by Gasteiger charge is 2.47. The van der Waals surface area contributed by atoms with Gasteiger partial charge in [0.2, 0.25) is 0 Å². The van der Waals surface area contributed by atoms with Gasteiger partial charge in [0.15, 0.2) is 5.54 Å². The second-order valence-electron chi connectivity index (χ2n) is 5.45. The third-order valence-electron chi connectivity index (χ3n) is 3.95. The van der Waals surface area contributed by atoms with Crippen molar-refractivity contribution in [2.75, 3.05) is 26.3 Å². The summed E-state index contributed by atoms with van der Waals surface area (Å²) < 4.78 is 43.1. The van der Waals surface area contributed by atoms with Crippen molar-refractivity contribution in [3.05, 3.63) is 0 Å². The second-order valence-corrected chi connectivity index (χ2v) is 5.45. The number of ether oxygens (including phenoxy) is 1. The molecule has 0 aromatic heterocycles. The van der Waals surface area contributed by atoms with E-state index in [0.717, 1.165) is 4.90 Å². The van der Waals surface area contributed by atoms with E-state index in [4.69, 9.17) is 4.74 Å². The predicted molar refractivity (Wildman–Crippen MR) is 64.7 cm³/mol. The van der Waals surface area contributed by atoms with Crippen molar-refractivity contribution in [1.29, 1.82) is 0 Å². The molecule has 9 heteroatoms. The number of alkyl halides is 3. The Morgan fingerprint density at radius 1 is 1.38 bits per heavy atom. The molecule has 2 rings (SSSR count). The topological polar surface area (TPSA) is 78.9 Å². The fraction of sp³-hybridized carbons (Fsp3) is 0.833. The second kappa shape index (κ2) is 5.70. The number of carboxylic acid groups (broad SMARTS) is 1. The van der Waals surface area contributed by atoms with E-state index in [-0.39, 0.29) is 39.0 Å². The summed E-state index contributed by atoms with van der Waals surface area (Å²) in [7, 11) is 0. The highest BCUT2D eigenvalue weighted by atomic mass is 19.4. The zero-order chi connectivity index (χ0) is 15.7. The Balaban J connectivity index is 2.01. The molecule has 2 saturated heterocycles. The van der Waals surface area contributed by atoms with Crippen LogP contribution in [-0.2, 0) is 9.53 Å². The Hall–Kier alpha value is -1.51. The van der Waals surface area contributed by atoms with E-state index < -0.39 is 36.2 Å². The van der Waals surface area contributed by atoms with Crippen LogP contribution in [0.5, 0.6) is 0 Å². The molecule has 21 heavy (non-hydrogen) atoms. The summed E-state index contributed by atoms with van der Waals surface area (Å²) in [6, 6.07) is -0.781. The molecule has 6 nitrogen and oxygen atoms in total. The number of rotatable bonds is 2. The van der Waals surface area contributed by atoms with Gasteiger partial charge in [0.1, 0.15) is 0 Å². The van der Waals surface area contributed by atoms with Crippen molar-refractivity contribution in [2.24, 2.45) is 5.92 Å². The molecule has 0 aromatic rings. The maximum atomic E-state index is 12.7. The first kappa shape index (κ1) is 15.9. The van der Waals surface area contributed by atoms with Crippen molar-refractivity contribution in [3.63, 3.8) is 0 Å². The van der Waals surface area contributed by atoms with Crippen LogP contribution in [0.4, 0.5) is 18.0 Å². The first-order chi connectivity index (χ1) is 9.74. The van der Waals surface area contributed by atoms with E-state index in [0.29, 0.717) is 0 Å². The van der Waals surface area contributed by atoms with Crippen molar-refractivity contribution >= 4 is 12.0 Å². The van der Waals surface area contributed by atoms with E-state index >= 15 is 0 Å². The number of halogens is 3. The number of piperidine rings is 1. The molecule has 2 heterocycles. The number of amides is 2. The van der Waals surface area contributed by atoms with Gasteiger partial charge in [-0.3, -0.25) is 0 Å². The van der Waals surface area contributed by atoms with Crippen LogP contribution < -0.4 is 5.32 Å². The van der Waals surface area contributed by atoms with Gasteiger partial charge in [-0.25, -0.2) is 9.59 Å². The van der Waals surface area contributed by atoms with Crippen molar-refractivity contribution in [1.82, 2.24) is 10.2 Å². The standard InChI is InChI=1S/C12H17F3N2O4/c13-12(14,15)8-2-1-4-17(6-8)10(20)16-11(9(18)19)3-5-21-7-11/h8H,1-7H2,(H,16,20)(H,18,19). The van der Waals surface area contributed by atoms with E-state index in [1.54, 1.807) is 0 Å². The normalized spacial score (nSPS) is 30.2. The summed E-state index contributed by atoms with van der Waals surface area (Å²) >= 11 is 0. The fourth-order valence-corrected chi connectivity index (χ4v) is 2.60. The van der Waals surface area contributed by atoms with Crippen LogP contribution in [0, 0.1) is 5.92 Å². The largest absolute Gasteiger partial charge is 0.479 e. The monoisotopic (exact) mass is 310 g/mol. The average Bonchev–Trinajstić information content (AvgIpc) is 2.88. The number of urea groups is 1. The molecule has 120 valence electrons. The summed E-state index contributed by atoms with van der Waals surface area (Å²) in [5.74, 6) is -2.80. The Kier molecular flexibility index (Phi) is 4.31. The number of nitrogens with one attached hydrogen (secondary N) is 1. The zero-order valence-electron chi connectivity index (χ0n) is 11.3. The molecule has 2 N–H and O–H groups in total. The van der Waals surface area contributed by atoms with Gasteiger partial charge < -0.3 is 20.1 Å². The lowest BCUT2D eigenvalue weighted by Gasteiger charge is -2.35. The minimum Gasteiger partial charge on any atom is -0.479 e. The molecule has 0 bridgehead atoms. The van der Waals surface area contributed by atoms with Gasteiger partial charge in [0.25, 0.3) is 0 Å². The minimum absolute atomic E-state index is 0.0134. The molecule has 2 atom stereocenters. The number of carbonyl (C=O) groups is 2. The number of hydrogen-bond acceptors (Lipinski definition) is 3. The van der Waals surface area contributed by atoms with Gasteiger partial charge in [-0.15, -0.1) is 0 Å². The van der Waals surface area contributed by atoms with Crippen molar-refractivity contribution in [2.45, 2.75) is 31.0 Å². The maximum Gasteiger partial charge on any atom is 0.393 e. The molecule has 2 aliphatic heterocycles. The summed E-state index contributed by atoms with van der Waals surface area (Å²) in [4.78, 5) is 24.4. The van der Waals surface area contributed by atoms with Crippen LogP contribution in [0.3, 0.4) is 0 Å². The van der Waals surface area contributed by atoms with Crippen LogP contribution in [-0.4, -0.2) is 60.0 Å². The molecule has 2 aliphatic rings. The lowest BCUT2D eigenvalue weighted by molar-refractivity contribution is -0.184. The maximum absolute atomic E-state index is 12.7. The SMILES string of the molecule is O=C(NC1(C(=O)O)CCOC1)N1CCCC(C(F)(F)F)C1. The van der Waals surface area contributed by atoms with Gasteiger partial charge >= 0.3 is 18.2 Å². The third-order valence-corrected chi connectivity index (χ3v) is 3.95. The third kappa shape index (κ3) is 3.39. The molecule has 0 aromatic carbocycles. The molecular weight excluding hydrogens is 293 g/mol. The lowest BCUT2D eigenvalue weighted by atomic mass is 9.97. The van der Waals surface area contributed by atoms with Crippen LogP contribution in [0.15, 0.2) is 0 Å². The smallest absolute Gasteiger partial charge is 0.393 e. The van der Waals surface area contributed by atoms with E-state index in [2.05, 4.69) is 5.32 Å². The number of hydrogen-bond donors (Lipinski definition) is 2. The first-order valence-corrected chi connectivity index (χ1v) is 6.69. The van der Waals surface area contributed by atoms with E-state index in [1.165, 1.54) is 0 Å². The van der Waals surface area contributed by atoms with Crippen LogP contribution in [0.1, 0.15) is 19.3 Å². The van der Waals surface area contributed by atoms with Crippen molar-refractivity contribution < 1.29 is 32.6 Å². The minimum atomic E-state index is -4.35. The summed E-state index contributed by atoms with van der Waals surface area (Å²) in [6.07, 6.45) is -4.01. The van der Waals surface area contributed by atoms with Gasteiger partial charge in [0, 0.05) is 26.1 Å². The Labute approximate surface area is 119 Å². The summed E-state index contributed by atoms with van der Waals surface area (Å²) in [5, 5.41) is 11.5. The Bertz CT molecular complexity index is 421. The zero-order valence-corrected chi connectivity index (χ0v) is 11.3. The number of nitrogens with zero attached hydrogens (tertiary/aromatic N) is 1. The van der Waals surface area contributed by atoms with E-state index in [9.17, 15) is 27.9 Å². The first-order valence-electron chi connectivity index (χ1n) is 6.69. The molecule has 2 amide bonds. The summed E-state index contributed by atoms with van der Waals surface area (Å²) in [5.41, 5.74) is -1.54. The predicted octanol–water partition coefficient (Wildman–Crippen LogP) is 1.21. The van der Waals surface area contributed by atoms with Gasteiger partial charge in [-0.1, -0.05) is 0 Å². The Morgan fingerprint density at radius 2 is 2.10 bits per heavy atom. The van der Waals surface area contributed by atoms with Gasteiger partial charge in [0.05, 0.1) is 12.5 Å². The number of carboxylic acids is 1. The quantitative estimate of drug-likeness (QED) is 0.803. The fourth-order valence-electron chi connectivity index (χ4n) is 2.60. The molecule has 0 spiro atoms. The Morgan fingerprint density at radius 3 is 2.62 bits per heavy atom. The number of carbonyl (C=O) groups excluding carboxylic acids is 1. The highest BCUT2D eigenvalue weighted by molar-refractivity contribution is 5.86. The number of aliphatic carboxylic acids is 1. The molecule has 0 radical (unpaired) electrons. The molecule has 0 aliphatic carbocycles. The van der Waals surface area contributed by atoms with Gasteiger partial charge in [-0.2, -0.15) is 13.2 Å². The molecular formula is C12H17F3N2O4. The van der Waals surface area contributed by atoms with Crippen molar-refractivity contribution in [3.8, 4) is 0 Å². The molecule has 2 fully saturated rings.